The number of carbonyl (C=O) groups excluding carboxylic acids is 1. The number of nitro groups is 1. The molecule has 1 amide bonds. The van der Waals surface area contributed by atoms with Gasteiger partial charge in [-0.1, -0.05) is 12.1 Å². The lowest BCUT2D eigenvalue weighted by Gasteiger charge is -2.19. The molecule has 0 bridgehead atoms. The number of hydrogen-bond acceptors (Lipinski definition) is 9. The van der Waals surface area contributed by atoms with Crippen molar-refractivity contribution in [2.24, 2.45) is 0 Å². The van der Waals surface area contributed by atoms with Gasteiger partial charge in [-0.25, -0.2) is 9.78 Å². The molecule has 0 radical (unpaired) electrons. The summed E-state index contributed by atoms with van der Waals surface area (Å²) in [6, 6.07) is 6.53. The van der Waals surface area contributed by atoms with Gasteiger partial charge in [0.2, 0.25) is 5.82 Å². The van der Waals surface area contributed by atoms with E-state index in [0.29, 0.717) is 11.1 Å². The molecular weight excluding hydrogens is 382 g/mol. The van der Waals surface area contributed by atoms with E-state index in [1.807, 2.05) is 0 Å². The number of nitrogens with one attached hydrogen (secondary N) is 2. The number of benzene rings is 1. The van der Waals surface area contributed by atoms with Gasteiger partial charge in [-0.2, -0.15) is 0 Å². The van der Waals surface area contributed by atoms with E-state index in [1.54, 1.807) is 26.0 Å². The zero-order chi connectivity index (χ0) is 21.6. The number of nitrogens with zero attached hydrogens (tertiary/aromatic N) is 2. The second kappa shape index (κ2) is 9.26. The predicted molar refractivity (Wildman–Crippen MR) is 108 cm³/mol. The Kier molecular flexibility index (Phi) is 6.80. The average molecular weight is 403 g/mol. The first-order valence-corrected chi connectivity index (χ1v) is 8.55. The molecule has 0 aliphatic carbocycles. The number of aliphatic hydroxyl groups is 1. The van der Waals surface area contributed by atoms with Crippen molar-refractivity contribution >= 4 is 34.7 Å². The highest BCUT2D eigenvalue weighted by Gasteiger charge is 2.25. The molecule has 6 N–H and O–H groups in total. The number of nitrogen functional groups attached to an aromatic ring is 1. The van der Waals surface area contributed by atoms with Gasteiger partial charge in [0.25, 0.3) is 0 Å². The summed E-state index contributed by atoms with van der Waals surface area (Å²) in [4.78, 5) is 26.4. The number of aliphatic hydroxyl groups excluding tert-OH is 1. The van der Waals surface area contributed by atoms with Crippen LogP contribution in [-0.4, -0.2) is 38.9 Å². The van der Waals surface area contributed by atoms with E-state index in [0.717, 1.165) is 12.3 Å². The standard InChI is InChI=1S/C18H21N5O6/c1-3-29-18(26)22-15-8-14(19)16(23(27)28)17(21-15)20-10(2)13(9-24)11-4-6-12(25)7-5-11/h4-10,24-25H,3H2,1-2H3,(H4,19,20,21,22,26)/b13-9+/t10-/m1/s1. The Labute approximate surface area is 166 Å². The van der Waals surface area contributed by atoms with E-state index in [-0.39, 0.29) is 29.7 Å². The molecule has 1 heterocycles. The van der Waals surface area contributed by atoms with E-state index in [2.05, 4.69) is 15.6 Å². The number of nitrogens with two attached hydrogens (primary N) is 1. The molecule has 0 fully saturated rings. The van der Waals surface area contributed by atoms with Crippen LogP contribution in [0.3, 0.4) is 0 Å². The summed E-state index contributed by atoms with van der Waals surface area (Å²) >= 11 is 0. The van der Waals surface area contributed by atoms with Crippen molar-refractivity contribution in [2.45, 2.75) is 19.9 Å². The van der Waals surface area contributed by atoms with Crippen LogP contribution in [0.15, 0.2) is 36.6 Å². The lowest BCUT2D eigenvalue weighted by atomic mass is 10.0. The molecule has 0 spiro atoms. The molecule has 11 heteroatoms. The highest BCUT2D eigenvalue weighted by Crippen LogP contribution is 2.33. The monoisotopic (exact) mass is 403 g/mol. The third kappa shape index (κ3) is 5.25. The molecule has 0 aliphatic rings. The number of rotatable bonds is 7. The Morgan fingerprint density at radius 1 is 1.41 bits per heavy atom. The summed E-state index contributed by atoms with van der Waals surface area (Å²) in [6.07, 6.45) is 0.0623. The van der Waals surface area contributed by atoms with Gasteiger partial charge in [-0.3, -0.25) is 15.4 Å². The Morgan fingerprint density at radius 2 is 2.07 bits per heavy atom. The fraction of sp³-hybridized carbons (Fsp3) is 0.222. The summed E-state index contributed by atoms with van der Waals surface area (Å²) in [5.74, 6) is -0.192. The minimum Gasteiger partial charge on any atom is -0.515 e. The summed E-state index contributed by atoms with van der Waals surface area (Å²) in [6.45, 7) is 3.40. The Bertz CT molecular complexity index is 929. The summed E-state index contributed by atoms with van der Waals surface area (Å²) in [7, 11) is 0. The van der Waals surface area contributed by atoms with Gasteiger partial charge in [0, 0.05) is 11.6 Å². The highest BCUT2D eigenvalue weighted by atomic mass is 16.6. The predicted octanol–water partition coefficient (Wildman–Crippen LogP) is 3.25. The highest BCUT2D eigenvalue weighted by molar-refractivity contribution is 5.86. The van der Waals surface area contributed by atoms with Crippen molar-refractivity contribution in [3.05, 3.63) is 52.3 Å². The van der Waals surface area contributed by atoms with Crippen LogP contribution in [0.1, 0.15) is 19.4 Å². The number of aromatic hydroxyl groups is 1. The van der Waals surface area contributed by atoms with Crippen molar-refractivity contribution in [3.63, 3.8) is 0 Å². The smallest absolute Gasteiger partial charge is 0.412 e. The van der Waals surface area contributed by atoms with E-state index < -0.39 is 22.7 Å². The molecule has 0 saturated carbocycles. The van der Waals surface area contributed by atoms with Crippen molar-refractivity contribution in [1.82, 2.24) is 4.98 Å². The molecule has 2 aromatic rings. The summed E-state index contributed by atoms with van der Waals surface area (Å²) < 4.78 is 4.76. The van der Waals surface area contributed by atoms with Gasteiger partial charge in [0.05, 0.1) is 23.8 Å². The number of pyridine rings is 1. The molecule has 29 heavy (non-hydrogen) atoms. The third-order valence-corrected chi connectivity index (χ3v) is 3.87. The fourth-order valence-electron chi connectivity index (χ4n) is 2.56. The Balaban J connectivity index is 2.37. The van der Waals surface area contributed by atoms with Crippen molar-refractivity contribution in [2.75, 3.05) is 23.0 Å². The van der Waals surface area contributed by atoms with Gasteiger partial charge in [-0.15, -0.1) is 0 Å². The number of aromatic nitrogens is 1. The SMILES string of the molecule is CCOC(=O)Nc1cc(N)c([N+](=O)[O-])c(N[C@H](C)/C(=C\O)c2ccc(O)cc2)n1. The van der Waals surface area contributed by atoms with Crippen LogP contribution in [0.4, 0.5) is 27.8 Å². The lowest BCUT2D eigenvalue weighted by Crippen LogP contribution is -2.21. The Hall–Kier alpha value is -4.02. The molecule has 0 aliphatic heterocycles. The van der Waals surface area contributed by atoms with Gasteiger partial charge in [0.1, 0.15) is 17.3 Å². The van der Waals surface area contributed by atoms with Crippen molar-refractivity contribution < 1.29 is 24.7 Å². The fourth-order valence-corrected chi connectivity index (χ4v) is 2.56. The number of ether oxygens (including phenoxy) is 1. The topological polar surface area (TPSA) is 173 Å². The number of anilines is 3. The number of phenolic OH excluding ortho intramolecular Hbond substituents is 1. The minimum absolute atomic E-state index is 0.0413. The molecule has 11 nitrogen and oxygen atoms in total. The quantitative estimate of drug-likeness (QED) is 0.264. The maximum absolute atomic E-state index is 11.6. The first-order valence-electron chi connectivity index (χ1n) is 8.55. The zero-order valence-corrected chi connectivity index (χ0v) is 15.7. The minimum atomic E-state index is -0.785. The largest absolute Gasteiger partial charge is 0.515 e. The van der Waals surface area contributed by atoms with E-state index in [9.17, 15) is 25.1 Å². The van der Waals surface area contributed by atoms with Gasteiger partial charge < -0.3 is 26.0 Å². The first-order chi connectivity index (χ1) is 13.8. The van der Waals surface area contributed by atoms with Crippen LogP contribution in [0, 0.1) is 10.1 Å². The maximum Gasteiger partial charge on any atom is 0.412 e. The molecule has 1 aromatic heterocycles. The van der Waals surface area contributed by atoms with E-state index >= 15 is 0 Å². The van der Waals surface area contributed by atoms with Crippen LogP contribution < -0.4 is 16.4 Å². The average Bonchev–Trinajstić information content (AvgIpc) is 2.63. The van der Waals surface area contributed by atoms with E-state index in [4.69, 9.17) is 10.5 Å². The summed E-state index contributed by atoms with van der Waals surface area (Å²) in [5, 5.41) is 35.7. The summed E-state index contributed by atoms with van der Waals surface area (Å²) in [5.41, 5.74) is 6.03. The van der Waals surface area contributed by atoms with Crippen LogP contribution in [0.5, 0.6) is 5.75 Å². The molecule has 2 rings (SSSR count). The molecule has 154 valence electrons. The number of carbonyl (C=O) groups is 1. The van der Waals surface area contributed by atoms with Crippen LogP contribution in [0.25, 0.3) is 5.57 Å². The van der Waals surface area contributed by atoms with Crippen LogP contribution in [-0.2, 0) is 4.74 Å². The number of hydrogen-bond donors (Lipinski definition) is 5. The first kappa shape index (κ1) is 21.3. The Morgan fingerprint density at radius 3 is 2.62 bits per heavy atom. The third-order valence-electron chi connectivity index (χ3n) is 3.87. The van der Waals surface area contributed by atoms with Crippen molar-refractivity contribution in [3.8, 4) is 5.75 Å². The second-order valence-electron chi connectivity index (χ2n) is 5.89. The number of amides is 1. The molecule has 1 atom stereocenters. The van der Waals surface area contributed by atoms with Gasteiger partial charge >= 0.3 is 11.8 Å². The number of phenols is 1. The van der Waals surface area contributed by atoms with E-state index in [1.165, 1.54) is 12.1 Å². The second-order valence-corrected chi connectivity index (χ2v) is 5.89. The normalized spacial score (nSPS) is 12.1. The maximum atomic E-state index is 11.6. The molecule has 1 aromatic carbocycles. The molecular formula is C18H21N5O6. The molecule has 0 unspecified atom stereocenters. The lowest BCUT2D eigenvalue weighted by molar-refractivity contribution is -0.383. The van der Waals surface area contributed by atoms with Gasteiger partial charge in [-0.05, 0) is 31.5 Å². The molecule has 0 saturated heterocycles. The van der Waals surface area contributed by atoms with Crippen LogP contribution >= 0.6 is 0 Å². The zero-order valence-electron chi connectivity index (χ0n) is 15.7. The van der Waals surface area contributed by atoms with Crippen LogP contribution in [0.2, 0.25) is 0 Å². The van der Waals surface area contributed by atoms with Gasteiger partial charge in [0.15, 0.2) is 0 Å². The van der Waals surface area contributed by atoms with Crippen molar-refractivity contribution in [1.29, 1.82) is 0 Å².